The zero-order chi connectivity index (χ0) is 10.8. The van der Waals surface area contributed by atoms with Crippen molar-refractivity contribution >= 4 is 5.97 Å². The van der Waals surface area contributed by atoms with Gasteiger partial charge in [-0.15, -0.1) is 0 Å². The molecular weight excluding hydrogens is 182 g/mol. The van der Waals surface area contributed by atoms with Crippen LogP contribution in [-0.2, 0) is 9.53 Å². The molecule has 0 bridgehead atoms. The molecule has 1 heterocycles. The van der Waals surface area contributed by atoms with Crippen LogP contribution in [0.1, 0.15) is 33.6 Å². The van der Waals surface area contributed by atoms with Crippen molar-refractivity contribution in [2.24, 2.45) is 0 Å². The molecule has 1 aliphatic heterocycles. The topological polar surface area (TPSA) is 58.6 Å². The first-order valence-corrected chi connectivity index (χ1v) is 4.99. The Morgan fingerprint density at radius 3 is 2.57 bits per heavy atom. The Morgan fingerprint density at radius 1 is 1.57 bits per heavy atom. The first kappa shape index (κ1) is 11.5. The summed E-state index contributed by atoms with van der Waals surface area (Å²) in [6.45, 7) is 6.04. The van der Waals surface area contributed by atoms with Crippen molar-refractivity contribution in [1.29, 1.82) is 0 Å². The van der Waals surface area contributed by atoms with E-state index in [0.29, 0.717) is 6.42 Å². The van der Waals surface area contributed by atoms with Crippen LogP contribution in [0.15, 0.2) is 0 Å². The SMILES string of the molecule is CC(C)(C)OC(=O)[C@@]1(CO)CCCN1. The van der Waals surface area contributed by atoms with Gasteiger partial charge in [-0.3, -0.25) is 5.32 Å². The zero-order valence-electron chi connectivity index (χ0n) is 9.09. The summed E-state index contributed by atoms with van der Waals surface area (Å²) in [6, 6.07) is 0. The molecule has 1 fully saturated rings. The van der Waals surface area contributed by atoms with Gasteiger partial charge in [0, 0.05) is 0 Å². The minimum atomic E-state index is -0.854. The molecule has 2 N–H and O–H groups in total. The second-order valence-corrected chi connectivity index (χ2v) is 4.77. The Bertz CT molecular complexity index is 214. The fourth-order valence-electron chi connectivity index (χ4n) is 1.56. The quantitative estimate of drug-likeness (QED) is 0.637. The molecular formula is C10H19NO3. The molecule has 0 aromatic rings. The molecule has 4 nitrogen and oxygen atoms in total. The third-order valence-corrected chi connectivity index (χ3v) is 2.30. The van der Waals surface area contributed by atoms with Crippen LogP contribution in [0.25, 0.3) is 0 Å². The average Bonchev–Trinajstić information content (AvgIpc) is 2.49. The van der Waals surface area contributed by atoms with Crippen molar-refractivity contribution in [2.75, 3.05) is 13.2 Å². The van der Waals surface area contributed by atoms with Crippen LogP contribution in [0.3, 0.4) is 0 Å². The van der Waals surface area contributed by atoms with Crippen LogP contribution in [0.2, 0.25) is 0 Å². The Hall–Kier alpha value is -0.610. The fourth-order valence-corrected chi connectivity index (χ4v) is 1.56. The Morgan fingerprint density at radius 2 is 2.21 bits per heavy atom. The van der Waals surface area contributed by atoms with E-state index in [1.165, 1.54) is 0 Å². The van der Waals surface area contributed by atoms with Crippen LogP contribution in [0.4, 0.5) is 0 Å². The van der Waals surface area contributed by atoms with Gasteiger partial charge in [0.25, 0.3) is 0 Å². The smallest absolute Gasteiger partial charge is 0.329 e. The van der Waals surface area contributed by atoms with E-state index in [-0.39, 0.29) is 12.6 Å². The summed E-state index contributed by atoms with van der Waals surface area (Å²) in [6.07, 6.45) is 1.55. The summed E-state index contributed by atoms with van der Waals surface area (Å²) in [7, 11) is 0. The molecule has 0 aromatic carbocycles. The maximum absolute atomic E-state index is 11.8. The third-order valence-electron chi connectivity index (χ3n) is 2.30. The first-order chi connectivity index (χ1) is 6.40. The Balaban J connectivity index is 2.66. The van der Waals surface area contributed by atoms with E-state index in [2.05, 4.69) is 5.32 Å². The second-order valence-electron chi connectivity index (χ2n) is 4.77. The summed E-state index contributed by atoms with van der Waals surface area (Å²) >= 11 is 0. The lowest BCUT2D eigenvalue weighted by Crippen LogP contribution is -2.53. The highest BCUT2D eigenvalue weighted by molar-refractivity contribution is 5.81. The number of carbonyl (C=O) groups excluding carboxylic acids is 1. The lowest BCUT2D eigenvalue weighted by atomic mass is 9.98. The fraction of sp³-hybridized carbons (Fsp3) is 0.900. The highest BCUT2D eigenvalue weighted by Crippen LogP contribution is 2.23. The minimum Gasteiger partial charge on any atom is -0.459 e. The van der Waals surface area contributed by atoms with E-state index < -0.39 is 11.1 Å². The van der Waals surface area contributed by atoms with Crippen LogP contribution in [-0.4, -0.2) is 35.4 Å². The van der Waals surface area contributed by atoms with E-state index in [0.717, 1.165) is 13.0 Å². The number of hydrogen-bond donors (Lipinski definition) is 2. The molecule has 1 rings (SSSR count). The summed E-state index contributed by atoms with van der Waals surface area (Å²) in [5.41, 5.74) is -1.35. The maximum atomic E-state index is 11.8. The van der Waals surface area contributed by atoms with E-state index in [1.54, 1.807) is 0 Å². The van der Waals surface area contributed by atoms with Crippen molar-refractivity contribution in [3.05, 3.63) is 0 Å². The van der Waals surface area contributed by atoms with Gasteiger partial charge in [0.1, 0.15) is 11.1 Å². The maximum Gasteiger partial charge on any atom is 0.329 e. The molecule has 0 saturated carbocycles. The van der Waals surface area contributed by atoms with E-state index in [9.17, 15) is 9.90 Å². The van der Waals surface area contributed by atoms with Crippen molar-refractivity contribution in [3.8, 4) is 0 Å². The van der Waals surface area contributed by atoms with Gasteiger partial charge >= 0.3 is 5.97 Å². The lowest BCUT2D eigenvalue weighted by molar-refractivity contribution is -0.164. The summed E-state index contributed by atoms with van der Waals surface area (Å²) in [5, 5.41) is 12.2. The molecule has 1 saturated heterocycles. The molecule has 0 unspecified atom stereocenters. The van der Waals surface area contributed by atoms with E-state index in [1.807, 2.05) is 20.8 Å². The summed E-state index contributed by atoms with van der Waals surface area (Å²) in [4.78, 5) is 11.8. The Labute approximate surface area is 84.6 Å². The van der Waals surface area contributed by atoms with Crippen LogP contribution >= 0.6 is 0 Å². The number of esters is 1. The molecule has 82 valence electrons. The zero-order valence-corrected chi connectivity index (χ0v) is 9.09. The third kappa shape index (κ3) is 2.45. The molecule has 0 amide bonds. The van der Waals surface area contributed by atoms with Crippen LogP contribution < -0.4 is 5.32 Å². The number of nitrogens with one attached hydrogen (secondary N) is 1. The van der Waals surface area contributed by atoms with Crippen LogP contribution in [0.5, 0.6) is 0 Å². The van der Waals surface area contributed by atoms with Crippen LogP contribution in [0, 0.1) is 0 Å². The lowest BCUT2D eigenvalue weighted by Gasteiger charge is -2.29. The van der Waals surface area contributed by atoms with E-state index >= 15 is 0 Å². The minimum absolute atomic E-state index is 0.193. The van der Waals surface area contributed by atoms with Gasteiger partial charge in [0.05, 0.1) is 6.61 Å². The number of rotatable bonds is 2. The average molecular weight is 201 g/mol. The molecule has 0 aromatic heterocycles. The number of ether oxygens (including phenoxy) is 1. The van der Waals surface area contributed by atoms with Gasteiger partial charge in [0.2, 0.25) is 0 Å². The Kier molecular flexibility index (Phi) is 3.17. The van der Waals surface area contributed by atoms with Gasteiger partial charge in [0.15, 0.2) is 0 Å². The van der Waals surface area contributed by atoms with Gasteiger partial charge in [-0.1, -0.05) is 0 Å². The van der Waals surface area contributed by atoms with Gasteiger partial charge in [-0.05, 0) is 40.2 Å². The predicted molar refractivity (Wildman–Crippen MR) is 52.9 cm³/mol. The molecule has 0 radical (unpaired) electrons. The normalized spacial score (nSPS) is 27.7. The van der Waals surface area contributed by atoms with Crippen molar-refractivity contribution < 1.29 is 14.6 Å². The number of aliphatic hydroxyl groups excluding tert-OH is 1. The summed E-state index contributed by atoms with van der Waals surface area (Å²) < 4.78 is 5.25. The number of hydrogen-bond acceptors (Lipinski definition) is 4. The van der Waals surface area contributed by atoms with Crippen molar-refractivity contribution in [1.82, 2.24) is 5.32 Å². The summed E-state index contributed by atoms with van der Waals surface area (Å²) in [5.74, 6) is -0.343. The standard InChI is InChI=1S/C10H19NO3/c1-9(2,3)14-8(13)10(7-12)5-4-6-11-10/h11-12H,4-7H2,1-3H3/t10-/m0/s1. The number of aliphatic hydroxyl groups is 1. The first-order valence-electron chi connectivity index (χ1n) is 4.99. The van der Waals surface area contributed by atoms with Gasteiger partial charge in [-0.2, -0.15) is 0 Å². The highest BCUT2D eigenvalue weighted by atomic mass is 16.6. The highest BCUT2D eigenvalue weighted by Gasteiger charge is 2.43. The number of carbonyl (C=O) groups is 1. The molecule has 4 heteroatoms. The second kappa shape index (κ2) is 3.87. The molecule has 1 atom stereocenters. The van der Waals surface area contributed by atoms with Gasteiger partial charge < -0.3 is 9.84 Å². The largest absolute Gasteiger partial charge is 0.459 e. The predicted octanol–water partition coefficient (Wildman–Crippen LogP) is 0.443. The van der Waals surface area contributed by atoms with Crippen molar-refractivity contribution in [2.45, 2.75) is 44.8 Å². The van der Waals surface area contributed by atoms with Gasteiger partial charge in [-0.25, -0.2) is 4.79 Å². The van der Waals surface area contributed by atoms with E-state index in [4.69, 9.17) is 4.74 Å². The molecule has 0 spiro atoms. The molecule has 1 aliphatic rings. The van der Waals surface area contributed by atoms with Crippen molar-refractivity contribution in [3.63, 3.8) is 0 Å². The molecule has 0 aliphatic carbocycles. The molecule has 14 heavy (non-hydrogen) atoms. The monoisotopic (exact) mass is 201 g/mol.